The number of nitrogens with one attached hydrogen (secondary N) is 1. The zero-order valence-electron chi connectivity index (χ0n) is 11.4. The summed E-state index contributed by atoms with van der Waals surface area (Å²) in [6, 6.07) is 1.21. The summed E-state index contributed by atoms with van der Waals surface area (Å²) in [6.45, 7) is 0. The van der Waals surface area contributed by atoms with Crippen LogP contribution in [-0.4, -0.2) is 24.5 Å². The van der Waals surface area contributed by atoms with Crippen molar-refractivity contribution in [1.82, 2.24) is 14.9 Å². The number of amides is 1. The Morgan fingerprint density at radius 1 is 1.27 bits per heavy atom. The van der Waals surface area contributed by atoms with Crippen molar-refractivity contribution >= 4 is 27.5 Å². The van der Waals surface area contributed by atoms with Crippen LogP contribution in [0.3, 0.4) is 0 Å². The number of nitrogens with zero attached hydrogens (tertiary/aromatic N) is 2. The highest BCUT2D eigenvalue weighted by Gasteiger charge is 2.27. The quantitative estimate of drug-likeness (QED) is 0.911. The Bertz CT molecular complexity index is 832. The van der Waals surface area contributed by atoms with Gasteiger partial charge in [0.2, 0.25) is 0 Å². The molecule has 0 unspecified atom stereocenters. The van der Waals surface area contributed by atoms with E-state index >= 15 is 0 Å². The molecule has 1 aliphatic carbocycles. The number of pyridine rings is 1. The smallest absolute Gasteiger partial charge is 0.287 e. The lowest BCUT2D eigenvalue weighted by Gasteiger charge is -2.09. The first-order chi connectivity index (χ1) is 10.5. The molecule has 1 aliphatic rings. The molecule has 116 valence electrons. The van der Waals surface area contributed by atoms with Gasteiger partial charge in [0.15, 0.2) is 5.69 Å². The molecular formula is C13H12ClN3O4S. The molecule has 2 aromatic heterocycles. The van der Waals surface area contributed by atoms with Crippen LogP contribution in [0.4, 0.5) is 0 Å². The van der Waals surface area contributed by atoms with Crippen molar-refractivity contribution in [2.75, 3.05) is 0 Å². The Labute approximate surface area is 131 Å². The average Bonchev–Trinajstić information content (AvgIpc) is 2.91. The predicted molar refractivity (Wildman–Crippen MR) is 77.0 cm³/mol. The standard InChI is InChI=1S/C13H12ClN3O4S/c14-8-5-9(7-15-6-8)22(19,20)17-13(18)12-10-3-1-2-4-11(10)21-16-12/h5-7H,1-4H2,(H,17,18). The Balaban J connectivity index is 1.86. The highest BCUT2D eigenvalue weighted by Crippen LogP contribution is 2.24. The number of hydrogen-bond acceptors (Lipinski definition) is 6. The molecule has 0 bridgehead atoms. The van der Waals surface area contributed by atoms with E-state index in [2.05, 4.69) is 10.1 Å². The van der Waals surface area contributed by atoms with Gasteiger partial charge in [-0.1, -0.05) is 16.8 Å². The Hall–Kier alpha value is -1.93. The molecule has 0 radical (unpaired) electrons. The molecule has 1 amide bonds. The summed E-state index contributed by atoms with van der Waals surface area (Å²) in [5, 5.41) is 3.86. The van der Waals surface area contributed by atoms with Crippen molar-refractivity contribution in [3.05, 3.63) is 40.5 Å². The van der Waals surface area contributed by atoms with E-state index in [1.54, 1.807) is 0 Å². The number of halogens is 1. The van der Waals surface area contributed by atoms with Crippen LogP contribution >= 0.6 is 11.6 Å². The van der Waals surface area contributed by atoms with E-state index in [-0.39, 0.29) is 15.6 Å². The third-order valence-electron chi connectivity index (χ3n) is 3.38. The predicted octanol–water partition coefficient (Wildman–Crippen LogP) is 1.72. The molecule has 0 atom stereocenters. The van der Waals surface area contributed by atoms with Gasteiger partial charge in [-0.2, -0.15) is 0 Å². The fourth-order valence-electron chi connectivity index (χ4n) is 2.33. The summed E-state index contributed by atoms with van der Waals surface area (Å²) in [7, 11) is -4.06. The normalized spacial score (nSPS) is 14.4. The topological polar surface area (TPSA) is 102 Å². The van der Waals surface area contributed by atoms with E-state index in [0.29, 0.717) is 24.2 Å². The molecule has 7 nitrogen and oxygen atoms in total. The monoisotopic (exact) mass is 341 g/mol. The Kier molecular flexibility index (Phi) is 3.88. The van der Waals surface area contributed by atoms with Crippen LogP contribution in [0.25, 0.3) is 0 Å². The number of carbonyl (C=O) groups is 1. The molecule has 0 spiro atoms. The minimum absolute atomic E-state index is 0.0215. The van der Waals surface area contributed by atoms with Gasteiger partial charge in [-0.3, -0.25) is 9.78 Å². The number of fused-ring (bicyclic) bond motifs is 1. The second-order valence-electron chi connectivity index (χ2n) is 4.91. The molecule has 0 saturated carbocycles. The van der Waals surface area contributed by atoms with E-state index in [0.717, 1.165) is 19.0 Å². The fraction of sp³-hybridized carbons (Fsp3) is 0.308. The largest absolute Gasteiger partial charge is 0.360 e. The van der Waals surface area contributed by atoms with Crippen LogP contribution in [0.2, 0.25) is 5.02 Å². The molecule has 0 aliphatic heterocycles. The van der Waals surface area contributed by atoms with Crippen LogP contribution < -0.4 is 4.72 Å². The molecule has 3 rings (SSSR count). The van der Waals surface area contributed by atoms with Gasteiger partial charge in [0.05, 0.1) is 5.02 Å². The van der Waals surface area contributed by atoms with Gasteiger partial charge in [-0.15, -0.1) is 0 Å². The van der Waals surface area contributed by atoms with Crippen molar-refractivity contribution in [1.29, 1.82) is 0 Å². The number of sulfonamides is 1. The fourth-order valence-corrected chi connectivity index (χ4v) is 3.51. The second-order valence-corrected chi connectivity index (χ2v) is 7.03. The molecule has 0 aromatic carbocycles. The molecule has 0 saturated heterocycles. The maximum Gasteiger partial charge on any atom is 0.287 e. The summed E-state index contributed by atoms with van der Waals surface area (Å²) in [5.41, 5.74) is 0.705. The van der Waals surface area contributed by atoms with Gasteiger partial charge in [0, 0.05) is 24.4 Å². The first-order valence-corrected chi connectivity index (χ1v) is 8.48. The maximum atomic E-state index is 12.2. The van der Waals surface area contributed by atoms with Crippen molar-refractivity contribution in [2.45, 2.75) is 30.6 Å². The van der Waals surface area contributed by atoms with Crippen molar-refractivity contribution in [3.63, 3.8) is 0 Å². The minimum Gasteiger partial charge on any atom is -0.360 e. The number of rotatable bonds is 3. The minimum atomic E-state index is -4.06. The lowest BCUT2D eigenvalue weighted by molar-refractivity contribution is 0.0972. The number of aromatic nitrogens is 2. The molecule has 2 aromatic rings. The molecule has 0 fully saturated rings. The zero-order valence-corrected chi connectivity index (χ0v) is 12.9. The lowest BCUT2D eigenvalue weighted by Crippen LogP contribution is -2.31. The molecule has 22 heavy (non-hydrogen) atoms. The summed E-state index contributed by atoms with van der Waals surface area (Å²) < 4.78 is 31.4. The van der Waals surface area contributed by atoms with E-state index in [9.17, 15) is 13.2 Å². The van der Waals surface area contributed by atoms with E-state index in [1.165, 1.54) is 12.3 Å². The first kappa shape index (κ1) is 15.0. The third kappa shape index (κ3) is 2.84. The summed E-state index contributed by atoms with van der Waals surface area (Å²) in [4.78, 5) is 15.7. The second kappa shape index (κ2) is 5.69. The van der Waals surface area contributed by atoms with Crippen LogP contribution in [0, 0.1) is 0 Å². The Morgan fingerprint density at radius 2 is 2.05 bits per heavy atom. The van der Waals surface area contributed by atoms with E-state index in [4.69, 9.17) is 16.1 Å². The summed E-state index contributed by atoms with van der Waals surface area (Å²) in [5.74, 6) is -0.162. The maximum absolute atomic E-state index is 12.2. The number of aryl methyl sites for hydroxylation is 1. The SMILES string of the molecule is O=C(NS(=O)(=O)c1cncc(Cl)c1)c1noc2c1CCCC2. The van der Waals surface area contributed by atoms with E-state index < -0.39 is 15.9 Å². The summed E-state index contributed by atoms with van der Waals surface area (Å²) in [6.07, 6.45) is 5.66. The Morgan fingerprint density at radius 3 is 2.82 bits per heavy atom. The average molecular weight is 342 g/mol. The van der Waals surface area contributed by atoms with Crippen molar-refractivity contribution < 1.29 is 17.7 Å². The molecule has 9 heteroatoms. The van der Waals surface area contributed by atoms with Crippen molar-refractivity contribution in [3.8, 4) is 0 Å². The van der Waals surface area contributed by atoms with Gasteiger partial charge < -0.3 is 4.52 Å². The lowest BCUT2D eigenvalue weighted by atomic mass is 9.96. The summed E-state index contributed by atoms with van der Waals surface area (Å²) >= 11 is 5.71. The van der Waals surface area contributed by atoms with Gasteiger partial charge in [-0.05, 0) is 25.3 Å². The van der Waals surface area contributed by atoms with Crippen molar-refractivity contribution in [2.24, 2.45) is 0 Å². The van der Waals surface area contributed by atoms with E-state index in [1.807, 2.05) is 4.72 Å². The van der Waals surface area contributed by atoms with Gasteiger partial charge in [-0.25, -0.2) is 13.1 Å². The molecular weight excluding hydrogens is 330 g/mol. The van der Waals surface area contributed by atoms with Gasteiger partial charge >= 0.3 is 0 Å². The highest BCUT2D eigenvalue weighted by molar-refractivity contribution is 7.90. The van der Waals surface area contributed by atoms with Crippen LogP contribution in [0.15, 0.2) is 27.9 Å². The van der Waals surface area contributed by atoms with Gasteiger partial charge in [0.25, 0.3) is 15.9 Å². The number of hydrogen-bond donors (Lipinski definition) is 1. The first-order valence-electron chi connectivity index (χ1n) is 6.62. The van der Waals surface area contributed by atoms with Crippen LogP contribution in [0.5, 0.6) is 0 Å². The van der Waals surface area contributed by atoms with Gasteiger partial charge in [0.1, 0.15) is 10.7 Å². The molecule has 1 N–H and O–H groups in total. The van der Waals surface area contributed by atoms with Crippen LogP contribution in [0.1, 0.15) is 34.7 Å². The number of carbonyl (C=O) groups excluding carboxylic acids is 1. The molecule has 2 heterocycles. The highest BCUT2D eigenvalue weighted by atomic mass is 35.5. The van der Waals surface area contributed by atoms with Crippen LogP contribution in [-0.2, 0) is 22.9 Å². The zero-order chi connectivity index (χ0) is 15.7. The third-order valence-corrected chi connectivity index (χ3v) is 4.89.